The van der Waals surface area contributed by atoms with Crippen molar-refractivity contribution in [3.63, 3.8) is 0 Å². The van der Waals surface area contributed by atoms with Gasteiger partial charge in [0.15, 0.2) is 0 Å². The van der Waals surface area contributed by atoms with E-state index in [-0.39, 0.29) is 11.9 Å². The predicted octanol–water partition coefficient (Wildman–Crippen LogP) is 1.00. The van der Waals surface area contributed by atoms with Crippen molar-refractivity contribution in [1.82, 2.24) is 10.3 Å². The van der Waals surface area contributed by atoms with Crippen LogP contribution in [0.25, 0.3) is 0 Å². The molecule has 0 amide bonds. The van der Waals surface area contributed by atoms with E-state index >= 15 is 0 Å². The van der Waals surface area contributed by atoms with Gasteiger partial charge in [-0.25, -0.2) is 4.39 Å². The van der Waals surface area contributed by atoms with E-state index in [9.17, 15) is 8.60 Å². The van der Waals surface area contributed by atoms with E-state index in [1.807, 2.05) is 0 Å². The van der Waals surface area contributed by atoms with Crippen LogP contribution in [0, 0.1) is 5.82 Å². The Morgan fingerprint density at radius 1 is 1.53 bits per heavy atom. The van der Waals surface area contributed by atoms with E-state index in [1.165, 1.54) is 12.3 Å². The SMILES string of the molecule is O=S1CCCNC(c2ccc(F)cn2)C1. The minimum Gasteiger partial charge on any atom is -0.308 e. The third-order valence-corrected chi connectivity index (χ3v) is 3.85. The summed E-state index contributed by atoms with van der Waals surface area (Å²) in [5, 5.41) is 3.27. The Balaban J connectivity index is 2.14. The van der Waals surface area contributed by atoms with Crippen LogP contribution < -0.4 is 5.32 Å². The van der Waals surface area contributed by atoms with Gasteiger partial charge in [0.05, 0.1) is 17.9 Å². The molecule has 2 unspecified atom stereocenters. The molecule has 5 heteroatoms. The van der Waals surface area contributed by atoms with Crippen LogP contribution in [-0.2, 0) is 10.8 Å². The first-order chi connectivity index (χ1) is 7.25. The molecule has 1 saturated heterocycles. The van der Waals surface area contributed by atoms with Crippen molar-refractivity contribution in [1.29, 1.82) is 0 Å². The summed E-state index contributed by atoms with van der Waals surface area (Å²) in [4.78, 5) is 4.01. The summed E-state index contributed by atoms with van der Waals surface area (Å²) >= 11 is 0. The van der Waals surface area contributed by atoms with E-state index in [2.05, 4.69) is 10.3 Å². The van der Waals surface area contributed by atoms with Crippen LogP contribution in [0.15, 0.2) is 18.3 Å². The van der Waals surface area contributed by atoms with Crippen molar-refractivity contribution in [3.8, 4) is 0 Å². The summed E-state index contributed by atoms with van der Waals surface area (Å²) in [6.07, 6.45) is 2.12. The average molecular weight is 228 g/mol. The lowest BCUT2D eigenvalue weighted by molar-refractivity contribution is 0.566. The maximum Gasteiger partial charge on any atom is 0.141 e. The monoisotopic (exact) mass is 228 g/mol. The predicted molar refractivity (Wildman–Crippen MR) is 57.4 cm³/mol. The van der Waals surface area contributed by atoms with E-state index < -0.39 is 10.8 Å². The number of aromatic nitrogens is 1. The third-order valence-electron chi connectivity index (χ3n) is 2.40. The molecule has 1 N–H and O–H groups in total. The van der Waals surface area contributed by atoms with Gasteiger partial charge in [-0.1, -0.05) is 0 Å². The largest absolute Gasteiger partial charge is 0.308 e. The molecule has 2 atom stereocenters. The van der Waals surface area contributed by atoms with Crippen LogP contribution >= 0.6 is 0 Å². The number of rotatable bonds is 1. The van der Waals surface area contributed by atoms with Crippen LogP contribution in [0.2, 0.25) is 0 Å². The lowest BCUT2D eigenvalue weighted by atomic mass is 10.2. The number of hydrogen-bond donors (Lipinski definition) is 1. The van der Waals surface area contributed by atoms with Crippen molar-refractivity contribution >= 4 is 10.8 Å². The highest BCUT2D eigenvalue weighted by Gasteiger charge is 2.18. The second kappa shape index (κ2) is 4.81. The van der Waals surface area contributed by atoms with Crippen molar-refractivity contribution < 1.29 is 8.60 Å². The maximum atomic E-state index is 12.7. The molecule has 1 fully saturated rings. The van der Waals surface area contributed by atoms with Crippen molar-refractivity contribution in [2.45, 2.75) is 12.5 Å². The second-order valence-electron chi connectivity index (χ2n) is 3.57. The quantitative estimate of drug-likeness (QED) is 0.780. The molecule has 15 heavy (non-hydrogen) atoms. The molecule has 1 aliphatic rings. The zero-order valence-electron chi connectivity index (χ0n) is 8.28. The van der Waals surface area contributed by atoms with Gasteiger partial charge in [0.2, 0.25) is 0 Å². The summed E-state index contributed by atoms with van der Waals surface area (Å²) in [6.45, 7) is 0.843. The van der Waals surface area contributed by atoms with Gasteiger partial charge in [-0.3, -0.25) is 9.19 Å². The molecule has 82 valence electrons. The summed E-state index contributed by atoms with van der Waals surface area (Å²) in [5.74, 6) is 0.969. The van der Waals surface area contributed by atoms with Gasteiger partial charge in [0.25, 0.3) is 0 Å². The van der Waals surface area contributed by atoms with Gasteiger partial charge in [0, 0.05) is 22.3 Å². The molecule has 1 aromatic rings. The van der Waals surface area contributed by atoms with Gasteiger partial charge in [-0.2, -0.15) is 0 Å². The molecule has 0 aromatic carbocycles. The Morgan fingerprint density at radius 2 is 2.40 bits per heavy atom. The smallest absolute Gasteiger partial charge is 0.141 e. The Hall–Kier alpha value is -0.810. The molecule has 0 saturated carbocycles. The number of pyridine rings is 1. The van der Waals surface area contributed by atoms with Crippen LogP contribution in [0.1, 0.15) is 18.2 Å². The van der Waals surface area contributed by atoms with E-state index in [4.69, 9.17) is 0 Å². The summed E-state index contributed by atoms with van der Waals surface area (Å²) in [5.41, 5.74) is 0.770. The van der Waals surface area contributed by atoms with Crippen molar-refractivity contribution in [3.05, 3.63) is 29.8 Å². The number of halogens is 1. The molecular weight excluding hydrogens is 215 g/mol. The Labute approximate surface area is 90.6 Å². The zero-order chi connectivity index (χ0) is 10.7. The number of nitrogens with zero attached hydrogens (tertiary/aromatic N) is 1. The molecule has 3 nitrogen and oxygen atoms in total. The maximum absolute atomic E-state index is 12.7. The highest BCUT2D eigenvalue weighted by molar-refractivity contribution is 7.85. The van der Waals surface area contributed by atoms with E-state index in [1.54, 1.807) is 6.07 Å². The Bertz CT molecular complexity index is 355. The Morgan fingerprint density at radius 3 is 3.13 bits per heavy atom. The summed E-state index contributed by atoms with van der Waals surface area (Å²) in [6, 6.07) is 3.03. The van der Waals surface area contributed by atoms with Crippen LogP contribution in [0.5, 0.6) is 0 Å². The van der Waals surface area contributed by atoms with Crippen LogP contribution in [-0.4, -0.2) is 27.2 Å². The molecule has 0 radical (unpaired) electrons. The highest BCUT2D eigenvalue weighted by atomic mass is 32.2. The lowest BCUT2D eigenvalue weighted by Crippen LogP contribution is -2.24. The molecule has 1 aromatic heterocycles. The third kappa shape index (κ3) is 2.82. The first-order valence-electron chi connectivity index (χ1n) is 4.95. The fraction of sp³-hybridized carbons (Fsp3) is 0.500. The summed E-state index contributed by atoms with van der Waals surface area (Å²) in [7, 11) is -0.790. The fourth-order valence-corrected chi connectivity index (χ4v) is 2.91. The molecular formula is C10H13FN2OS. The average Bonchev–Trinajstić information content (AvgIpc) is 2.44. The van der Waals surface area contributed by atoms with Gasteiger partial charge < -0.3 is 5.32 Å². The van der Waals surface area contributed by atoms with Gasteiger partial charge in [-0.05, 0) is 25.1 Å². The van der Waals surface area contributed by atoms with Crippen molar-refractivity contribution in [2.24, 2.45) is 0 Å². The zero-order valence-corrected chi connectivity index (χ0v) is 9.10. The van der Waals surface area contributed by atoms with E-state index in [0.717, 1.165) is 24.4 Å². The van der Waals surface area contributed by atoms with Crippen LogP contribution in [0.3, 0.4) is 0 Å². The summed E-state index contributed by atoms with van der Waals surface area (Å²) < 4.78 is 24.2. The van der Waals surface area contributed by atoms with Crippen molar-refractivity contribution in [2.75, 3.05) is 18.1 Å². The Kier molecular flexibility index (Phi) is 3.43. The number of nitrogens with one attached hydrogen (secondary N) is 1. The number of hydrogen-bond acceptors (Lipinski definition) is 3. The minimum atomic E-state index is -0.790. The van der Waals surface area contributed by atoms with Gasteiger partial charge in [0.1, 0.15) is 5.82 Å². The van der Waals surface area contributed by atoms with Gasteiger partial charge in [-0.15, -0.1) is 0 Å². The topological polar surface area (TPSA) is 42.0 Å². The minimum absolute atomic E-state index is 0.00562. The second-order valence-corrected chi connectivity index (χ2v) is 5.19. The normalized spacial score (nSPS) is 27.3. The highest BCUT2D eigenvalue weighted by Crippen LogP contribution is 2.14. The standard InChI is InChI=1S/C10H13FN2OS/c11-8-2-3-9(13-6-8)10-7-15(14)5-1-4-12-10/h2-3,6,10,12H,1,4-5,7H2. The van der Waals surface area contributed by atoms with E-state index in [0.29, 0.717) is 5.75 Å². The molecule has 2 rings (SSSR count). The molecule has 2 heterocycles. The van der Waals surface area contributed by atoms with Gasteiger partial charge >= 0.3 is 0 Å². The molecule has 0 bridgehead atoms. The fourth-order valence-electron chi connectivity index (χ4n) is 1.62. The molecule has 0 spiro atoms. The lowest BCUT2D eigenvalue weighted by Gasteiger charge is -2.13. The molecule has 0 aliphatic carbocycles. The first kappa shape index (κ1) is 10.7. The first-order valence-corrected chi connectivity index (χ1v) is 6.44. The van der Waals surface area contributed by atoms with Crippen LogP contribution in [0.4, 0.5) is 4.39 Å². The molecule has 1 aliphatic heterocycles.